The van der Waals surface area contributed by atoms with Gasteiger partial charge >= 0.3 is 12.1 Å². The second-order valence-electron chi connectivity index (χ2n) is 5.42. The largest absolute Gasteiger partial charge is 0.461 e. The lowest BCUT2D eigenvalue weighted by Gasteiger charge is -2.32. The lowest BCUT2D eigenvalue weighted by Crippen LogP contribution is -2.44. The lowest BCUT2D eigenvalue weighted by molar-refractivity contribution is -0.255. The predicted molar refractivity (Wildman–Crippen MR) is 88.9 cm³/mol. The highest BCUT2D eigenvalue weighted by molar-refractivity contribution is 6.08. The first-order valence-electron chi connectivity index (χ1n) is 8.18. The van der Waals surface area contributed by atoms with E-state index in [0.29, 0.717) is 31.9 Å². The van der Waals surface area contributed by atoms with E-state index in [1.54, 1.807) is 24.8 Å². The molecule has 0 fully saturated rings. The molecule has 0 saturated carbocycles. The van der Waals surface area contributed by atoms with E-state index in [2.05, 4.69) is 0 Å². The Balaban J connectivity index is 3.65. The van der Waals surface area contributed by atoms with E-state index in [4.69, 9.17) is 0 Å². The fourth-order valence-corrected chi connectivity index (χ4v) is 2.70. The summed E-state index contributed by atoms with van der Waals surface area (Å²) < 4.78 is 65.3. The molecule has 1 aromatic carbocycles. The molecule has 0 aliphatic rings. The van der Waals surface area contributed by atoms with Gasteiger partial charge < -0.3 is 9.80 Å². The fourth-order valence-electron chi connectivity index (χ4n) is 2.70. The lowest BCUT2D eigenvalue weighted by atomic mass is 10.00. The van der Waals surface area contributed by atoms with Crippen LogP contribution in [0.2, 0.25) is 0 Å². The first-order valence-corrected chi connectivity index (χ1v) is 8.18. The number of Topliss-reactive ketones (excluding diaryl/α,β-unsaturated/α-hetero) is 1. The molecule has 0 N–H and O–H groups in total. The summed E-state index contributed by atoms with van der Waals surface area (Å²) in [7, 11) is 0. The van der Waals surface area contributed by atoms with Crippen LogP contribution in [0.15, 0.2) is 18.2 Å². The summed E-state index contributed by atoms with van der Waals surface area (Å²) in [5.41, 5.74) is -0.0296. The van der Waals surface area contributed by atoms with Gasteiger partial charge in [0, 0.05) is 31.7 Å². The van der Waals surface area contributed by atoms with E-state index in [0.717, 1.165) is 6.07 Å². The number of benzene rings is 1. The molecule has 0 bridgehead atoms. The molecule has 0 heterocycles. The zero-order valence-electron chi connectivity index (χ0n) is 14.8. The number of carbonyl (C=O) groups excluding carboxylic acids is 1. The minimum Gasteiger partial charge on any atom is -0.370 e. The number of nitrogens with zero attached hydrogens (tertiary/aromatic N) is 2. The van der Waals surface area contributed by atoms with Gasteiger partial charge in [0.05, 0.1) is 11.4 Å². The van der Waals surface area contributed by atoms with Gasteiger partial charge in [0.15, 0.2) is 0 Å². The standard InChI is InChI=1S/C17H23F5N2O/c1-5-23(6-2)13-11-9-10-12(14(13)24(7-3)8-4)15(25)16(18,19)17(20,21)22/h9-11H,5-8H2,1-4H3. The van der Waals surface area contributed by atoms with Crippen molar-refractivity contribution in [1.82, 2.24) is 0 Å². The van der Waals surface area contributed by atoms with Gasteiger partial charge in [-0.05, 0) is 39.8 Å². The monoisotopic (exact) mass is 366 g/mol. The maximum absolute atomic E-state index is 13.7. The van der Waals surface area contributed by atoms with E-state index in [1.165, 1.54) is 6.07 Å². The smallest absolute Gasteiger partial charge is 0.370 e. The van der Waals surface area contributed by atoms with Gasteiger partial charge in [-0.2, -0.15) is 22.0 Å². The second-order valence-corrected chi connectivity index (χ2v) is 5.42. The number of rotatable bonds is 8. The zero-order chi connectivity index (χ0) is 19.4. The molecule has 0 saturated heterocycles. The average molecular weight is 366 g/mol. The van der Waals surface area contributed by atoms with Crippen molar-refractivity contribution in [3.8, 4) is 0 Å². The highest BCUT2D eigenvalue weighted by Gasteiger charge is 2.63. The number of halogens is 5. The SMILES string of the molecule is CCN(CC)c1cccc(C(=O)C(F)(F)C(F)(F)F)c1N(CC)CC. The molecule has 0 unspecified atom stereocenters. The van der Waals surface area contributed by atoms with E-state index < -0.39 is 23.4 Å². The molecule has 0 aliphatic heterocycles. The highest BCUT2D eigenvalue weighted by Crippen LogP contribution is 2.42. The number of carbonyl (C=O) groups is 1. The van der Waals surface area contributed by atoms with Gasteiger partial charge in [-0.1, -0.05) is 6.07 Å². The summed E-state index contributed by atoms with van der Waals surface area (Å²) in [6.07, 6.45) is -5.93. The number of hydrogen-bond donors (Lipinski definition) is 0. The zero-order valence-corrected chi connectivity index (χ0v) is 14.8. The highest BCUT2D eigenvalue weighted by atomic mass is 19.4. The third-order valence-electron chi connectivity index (χ3n) is 4.08. The van der Waals surface area contributed by atoms with E-state index in [1.807, 2.05) is 18.7 Å². The predicted octanol–water partition coefficient (Wildman–Crippen LogP) is 4.76. The molecule has 0 spiro atoms. The third-order valence-corrected chi connectivity index (χ3v) is 4.08. The number of para-hydroxylation sites is 1. The van der Waals surface area contributed by atoms with Crippen LogP contribution in [0.4, 0.5) is 33.3 Å². The van der Waals surface area contributed by atoms with Crippen molar-refractivity contribution in [3.05, 3.63) is 23.8 Å². The topological polar surface area (TPSA) is 23.6 Å². The van der Waals surface area contributed by atoms with Gasteiger partial charge in [0.2, 0.25) is 5.78 Å². The summed E-state index contributed by atoms with van der Waals surface area (Å²) in [6, 6.07) is 3.99. The van der Waals surface area contributed by atoms with Crippen LogP contribution in [-0.2, 0) is 0 Å². The molecule has 0 atom stereocenters. The normalized spacial score (nSPS) is 12.2. The van der Waals surface area contributed by atoms with Gasteiger partial charge in [-0.3, -0.25) is 4.79 Å². The van der Waals surface area contributed by atoms with E-state index in [-0.39, 0.29) is 5.69 Å². The van der Waals surface area contributed by atoms with E-state index in [9.17, 15) is 26.7 Å². The number of anilines is 2. The number of hydrogen-bond acceptors (Lipinski definition) is 3. The molecule has 8 heteroatoms. The molecule has 25 heavy (non-hydrogen) atoms. The summed E-state index contributed by atoms with van der Waals surface area (Å²) in [4.78, 5) is 15.5. The molecule has 1 aromatic rings. The molecule has 0 aromatic heterocycles. The number of ketones is 1. The summed E-state index contributed by atoms with van der Waals surface area (Å²) in [5, 5.41) is 0. The van der Waals surface area contributed by atoms with Crippen LogP contribution in [0.5, 0.6) is 0 Å². The Kier molecular flexibility index (Phi) is 6.79. The van der Waals surface area contributed by atoms with Crippen molar-refractivity contribution >= 4 is 17.2 Å². The van der Waals surface area contributed by atoms with Gasteiger partial charge in [0.25, 0.3) is 0 Å². The Morgan fingerprint density at radius 2 is 1.36 bits per heavy atom. The van der Waals surface area contributed by atoms with Crippen molar-refractivity contribution in [3.63, 3.8) is 0 Å². The number of alkyl halides is 5. The van der Waals surface area contributed by atoms with Crippen LogP contribution in [0.3, 0.4) is 0 Å². The van der Waals surface area contributed by atoms with Crippen LogP contribution >= 0.6 is 0 Å². The van der Waals surface area contributed by atoms with Gasteiger partial charge in [0.1, 0.15) is 0 Å². The van der Waals surface area contributed by atoms with E-state index >= 15 is 0 Å². The summed E-state index contributed by atoms with van der Waals surface area (Å²) in [6.45, 7) is 8.97. The molecule has 3 nitrogen and oxygen atoms in total. The van der Waals surface area contributed by atoms with Crippen LogP contribution in [0.1, 0.15) is 38.1 Å². The molecule has 0 amide bonds. The van der Waals surface area contributed by atoms with Crippen molar-refractivity contribution < 1.29 is 26.7 Å². The first-order chi connectivity index (χ1) is 11.6. The van der Waals surface area contributed by atoms with Crippen LogP contribution < -0.4 is 9.80 Å². The quantitative estimate of drug-likeness (QED) is 0.490. The van der Waals surface area contributed by atoms with Crippen LogP contribution in [0, 0.1) is 0 Å². The maximum Gasteiger partial charge on any atom is 0.461 e. The molecule has 0 aliphatic carbocycles. The molecular weight excluding hydrogens is 343 g/mol. The van der Waals surface area contributed by atoms with Crippen molar-refractivity contribution in [1.29, 1.82) is 0 Å². The Hall–Kier alpha value is -1.86. The maximum atomic E-state index is 13.7. The van der Waals surface area contributed by atoms with Crippen molar-refractivity contribution in [2.75, 3.05) is 36.0 Å². The molecule has 142 valence electrons. The van der Waals surface area contributed by atoms with Crippen molar-refractivity contribution in [2.45, 2.75) is 39.8 Å². The summed E-state index contributed by atoms with van der Waals surface area (Å²) >= 11 is 0. The van der Waals surface area contributed by atoms with Crippen LogP contribution in [-0.4, -0.2) is 44.1 Å². The Labute approximate surface area is 144 Å². The molecule has 1 rings (SSSR count). The molecule has 0 radical (unpaired) electrons. The molecular formula is C17H23F5N2O. The first kappa shape index (κ1) is 21.2. The second kappa shape index (κ2) is 8.01. The Morgan fingerprint density at radius 1 is 0.880 bits per heavy atom. The third kappa shape index (κ3) is 4.04. The Morgan fingerprint density at radius 3 is 1.76 bits per heavy atom. The van der Waals surface area contributed by atoms with Gasteiger partial charge in [-0.25, -0.2) is 0 Å². The van der Waals surface area contributed by atoms with Crippen molar-refractivity contribution in [2.24, 2.45) is 0 Å². The minimum absolute atomic E-state index is 0.116. The Bertz CT molecular complexity index is 593. The fraction of sp³-hybridized carbons (Fsp3) is 0.588. The average Bonchev–Trinajstić information content (AvgIpc) is 2.56. The summed E-state index contributed by atoms with van der Waals surface area (Å²) in [5.74, 6) is -7.66. The van der Waals surface area contributed by atoms with Gasteiger partial charge in [-0.15, -0.1) is 0 Å². The van der Waals surface area contributed by atoms with Crippen LogP contribution in [0.25, 0.3) is 0 Å². The minimum atomic E-state index is -5.93.